The molecule has 0 radical (unpaired) electrons. The van der Waals surface area contributed by atoms with E-state index in [-0.39, 0.29) is 11.9 Å². The Bertz CT molecular complexity index is 314. The Hall–Kier alpha value is -1.02. The summed E-state index contributed by atoms with van der Waals surface area (Å²) in [5.41, 5.74) is 0.907. The third-order valence-electron chi connectivity index (χ3n) is 3.31. The lowest BCUT2D eigenvalue weighted by molar-refractivity contribution is 0.163. The summed E-state index contributed by atoms with van der Waals surface area (Å²) in [4.78, 5) is 0. The number of aliphatic hydroxyl groups excluding tert-OH is 1. The quantitative estimate of drug-likeness (QED) is 0.721. The summed E-state index contributed by atoms with van der Waals surface area (Å²) >= 11 is 0. The molecule has 0 spiro atoms. The van der Waals surface area contributed by atoms with Gasteiger partial charge in [0, 0.05) is 0 Å². The number of phenolic OH excluding ortho intramolecular Hbond substituents is 1. The number of benzene rings is 1. The van der Waals surface area contributed by atoms with Crippen molar-refractivity contribution in [3.63, 3.8) is 0 Å². The van der Waals surface area contributed by atoms with Crippen LogP contribution in [0.1, 0.15) is 50.2 Å². The zero-order valence-corrected chi connectivity index (χ0v) is 9.60. The number of rotatable bonds is 6. The van der Waals surface area contributed by atoms with Gasteiger partial charge in [0.2, 0.25) is 0 Å². The van der Waals surface area contributed by atoms with Gasteiger partial charge in [0.05, 0.1) is 6.10 Å². The molecular formula is C14H20O2. The van der Waals surface area contributed by atoms with Crippen molar-refractivity contribution in [1.29, 1.82) is 0 Å². The average molecular weight is 220 g/mol. The molecular weight excluding hydrogens is 200 g/mol. The molecule has 1 saturated carbocycles. The van der Waals surface area contributed by atoms with Crippen LogP contribution in [0.3, 0.4) is 0 Å². The zero-order chi connectivity index (χ0) is 11.4. The molecule has 0 saturated heterocycles. The molecule has 0 aliphatic heterocycles. The van der Waals surface area contributed by atoms with Gasteiger partial charge in [0.25, 0.3) is 0 Å². The van der Waals surface area contributed by atoms with E-state index in [1.165, 1.54) is 25.7 Å². The SMILES string of the molecule is Oc1ccc(C(O)CCCCC2CC2)cc1. The van der Waals surface area contributed by atoms with E-state index in [2.05, 4.69) is 0 Å². The predicted octanol–water partition coefficient (Wildman–Crippen LogP) is 3.40. The summed E-state index contributed by atoms with van der Waals surface area (Å²) in [6.07, 6.45) is 6.96. The summed E-state index contributed by atoms with van der Waals surface area (Å²) < 4.78 is 0. The van der Waals surface area contributed by atoms with Gasteiger partial charge in [0.15, 0.2) is 0 Å². The first-order valence-electron chi connectivity index (χ1n) is 6.22. The van der Waals surface area contributed by atoms with Gasteiger partial charge in [0.1, 0.15) is 5.75 Å². The highest BCUT2D eigenvalue weighted by Crippen LogP contribution is 2.34. The molecule has 2 heteroatoms. The van der Waals surface area contributed by atoms with Gasteiger partial charge in [-0.1, -0.05) is 44.2 Å². The van der Waals surface area contributed by atoms with Crippen molar-refractivity contribution >= 4 is 0 Å². The molecule has 0 bridgehead atoms. The molecule has 16 heavy (non-hydrogen) atoms. The maximum absolute atomic E-state index is 9.91. The Morgan fingerprint density at radius 3 is 2.44 bits per heavy atom. The maximum atomic E-state index is 9.91. The first kappa shape index (κ1) is 11.5. The fourth-order valence-electron chi connectivity index (χ4n) is 2.04. The first-order chi connectivity index (χ1) is 7.75. The Kier molecular flexibility index (Phi) is 3.83. The van der Waals surface area contributed by atoms with Crippen LogP contribution in [0.25, 0.3) is 0 Å². The smallest absolute Gasteiger partial charge is 0.115 e. The normalized spacial score (nSPS) is 17.3. The van der Waals surface area contributed by atoms with Gasteiger partial charge in [-0.15, -0.1) is 0 Å². The molecule has 1 atom stereocenters. The standard InChI is InChI=1S/C14H20O2/c15-13-9-7-12(8-10-13)14(16)4-2-1-3-11-5-6-11/h7-11,14-16H,1-6H2. The van der Waals surface area contributed by atoms with Crippen LogP contribution >= 0.6 is 0 Å². The van der Waals surface area contributed by atoms with Crippen LogP contribution in [-0.2, 0) is 0 Å². The van der Waals surface area contributed by atoms with Crippen LogP contribution in [0, 0.1) is 5.92 Å². The Balaban J connectivity index is 1.69. The molecule has 2 nitrogen and oxygen atoms in total. The lowest BCUT2D eigenvalue weighted by atomic mass is 10.0. The number of aliphatic hydroxyl groups is 1. The van der Waals surface area contributed by atoms with Crippen LogP contribution in [-0.4, -0.2) is 10.2 Å². The summed E-state index contributed by atoms with van der Waals surface area (Å²) in [5.74, 6) is 1.25. The second kappa shape index (κ2) is 5.35. The van der Waals surface area contributed by atoms with E-state index in [1.807, 2.05) is 0 Å². The van der Waals surface area contributed by atoms with Crippen molar-refractivity contribution in [1.82, 2.24) is 0 Å². The number of aromatic hydroxyl groups is 1. The van der Waals surface area contributed by atoms with Gasteiger partial charge in [-0.25, -0.2) is 0 Å². The Labute approximate surface area is 96.9 Å². The summed E-state index contributed by atoms with van der Waals surface area (Å²) in [5, 5.41) is 19.0. The molecule has 0 amide bonds. The largest absolute Gasteiger partial charge is 0.508 e. The second-order valence-corrected chi connectivity index (χ2v) is 4.84. The van der Waals surface area contributed by atoms with E-state index >= 15 is 0 Å². The molecule has 0 aromatic heterocycles. The molecule has 88 valence electrons. The van der Waals surface area contributed by atoms with Crippen molar-refractivity contribution in [2.24, 2.45) is 5.92 Å². The third-order valence-corrected chi connectivity index (χ3v) is 3.31. The van der Waals surface area contributed by atoms with E-state index in [0.29, 0.717) is 0 Å². The fraction of sp³-hybridized carbons (Fsp3) is 0.571. The third kappa shape index (κ3) is 3.53. The number of hydrogen-bond donors (Lipinski definition) is 2. The minimum atomic E-state index is -0.375. The highest BCUT2D eigenvalue weighted by atomic mass is 16.3. The van der Waals surface area contributed by atoms with Gasteiger partial charge in [-0.3, -0.25) is 0 Å². The lowest BCUT2D eigenvalue weighted by Crippen LogP contribution is -1.97. The van der Waals surface area contributed by atoms with E-state index < -0.39 is 0 Å². The maximum Gasteiger partial charge on any atom is 0.115 e. The second-order valence-electron chi connectivity index (χ2n) is 4.84. The van der Waals surface area contributed by atoms with Crippen molar-refractivity contribution in [3.05, 3.63) is 29.8 Å². The van der Waals surface area contributed by atoms with Crippen LogP contribution in [0.2, 0.25) is 0 Å². The van der Waals surface area contributed by atoms with Crippen LogP contribution < -0.4 is 0 Å². The highest BCUT2D eigenvalue weighted by molar-refractivity contribution is 5.27. The van der Waals surface area contributed by atoms with Crippen molar-refractivity contribution < 1.29 is 10.2 Å². The van der Waals surface area contributed by atoms with Crippen LogP contribution in [0.4, 0.5) is 0 Å². The fourth-order valence-corrected chi connectivity index (χ4v) is 2.04. The number of phenols is 1. The summed E-state index contributed by atoms with van der Waals surface area (Å²) in [6, 6.07) is 6.84. The average Bonchev–Trinajstić information content (AvgIpc) is 3.09. The summed E-state index contributed by atoms with van der Waals surface area (Å²) in [7, 11) is 0. The van der Waals surface area contributed by atoms with Crippen LogP contribution in [0.15, 0.2) is 24.3 Å². The molecule has 1 aliphatic rings. The molecule has 1 aromatic carbocycles. The van der Waals surface area contributed by atoms with Gasteiger partial charge in [-0.2, -0.15) is 0 Å². The lowest BCUT2D eigenvalue weighted by Gasteiger charge is -2.10. The number of unbranched alkanes of at least 4 members (excludes halogenated alkanes) is 1. The van der Waals surface area contributed by atoms with Crippen molar-refractivity contribution in [3.8, 4) is 5.75 Å². The highest BCUT2D eigenvalue weighted by Gasteiger charge is 2.20. The van der Waals surface area contributed by atoms with Crippen molar-refractivity contribution in [2.75, 3.05) is 0 Å². The Morgan fingerprint density at radius 2 is 1.81 bits per heavy atom. The van der Waals surface area contributed by atoms with E-state index in [4.69, 9.17) is 5.11 Å². The molecule has 2 N–H and O–H groups in total. The molecule has 1 aliphatic carbocycles. The zero-order valence-electron chi connectivity index (χ0n) is 9.60. The van der Waals surface area contributed by atoms with E-state index in [9.17, 15) is 5.11 Å². The van der Waals surface area contributed by atoms with Gasteiger partial charge in [-0.05, 0) is 30.0 Å². The van der Waals surface area contributed by atoms with E-state index in [1.54, 1.807) is 24.3 Å². The Morgan fingerprint density at radius 1 is 1.12 bits per heavy atom. The molecule has 2 rings (SSSR count). The minimum absolute atomic E-state index is 0.254. The van der Waals surface area contributed by atoms with Crippen LogP contribution in [0.5, 0.6) is 5.75 Å². The van der Waals surface area contributed by atoms with Gasteiger partial charge < -0.3 is 10.2 Å². The molecule has 1 unspecified atom stereocenters. The van der Waals surface area contributed by atoms with E-state index in [0.717, 1.165) is 24.3 Å². The predicted molar refractivity (Wildman–Crippen MR) is 64.3 cm³/mol. The van der Waals surface area contributed by atoms with Crippen molar-refractivity contribution in [2.45, 2.75) is 44.6 Å². The monoisotopic (exact) mass is 220 g/mol. The number of hydrogen-bond acceptors (Lipinski definition) is 2. The molecule has 0 heterocycles. The topological polar surface area (TPSA) is 40.5 Å². The van der Waals surface area contributed by atoms with Gasteiger partial charge >= 0.3 is 0 Å². The molecule has 1 fully saturated rings. The summed E-state index contributed by atoms with van der Waals surface area (Å²) in [6.45, 7) is 0. The minimum Gasteiger partial charge on any atom is -0.508 e. The first-order valence-corrected chi connectivity index (χ1v) is 6.22. The molecule has 1 aromatic rings.